The molecular formula is C28H34N2O3. The zero-order valence-corrected chi connectivity index (χ0v) is 19.6. The van der Waals surface area contributed by atoms with E-state index in [-0.39, 0.29) is 23.7 Å². The molecule has 0 saturated heterocycles. The normalized spacial score (nSPS) is 30.3. The summed E-state index contributed by atoms with van der Waals surface area (Å²) in [6.07, 6.45) is 9.35. The second-order valence-electron chi connectivity index (χ2n) is 10.5. The Kier molecular flexibility index (Phi) is 5.75. The number of hydrogen-bond donors (Lipinski definition) is 2. The van der Waals surface area contributed by atoms with Crippen molar-refractivity contribution in [1.82, 2.24) is 10.3 Å². The molecule has 1 heterocycles. The van der Waals surface area contributed by atoms with Crippen LogP contribution in [0.3, 0.4) is 0 Å². The fraction of sp³-hybridized carbons (Fsp3) is 0.536. The molecule has 2 N–H and O–H groups in total. The predicted molar refractivity (Wildman–Crippen MR) is 127 cm³/mol. The lowest BCUT2D eigenvalue weighted by Gasteiger charge is -2.48. The molecule has 1 amide bonds. The quantitative estimate of drug-likeness (QED) is 0.697. The minimum absolute atomic E-state index is 0.0481. The number of aryl methyl sites for hydroxylation is 2. The molecule has 5 atom stereocenters. The second kappa shape index (κ2) is 8.58. The number of pyridine rings is 1. The fourth-order valence-corrected chi connectivity index (χ4v) is 7.05. The van der Waals surface area contributed by atoms with Crippen LogP contribution in [0.2, 0.25) is 0 Å². The van der Waals surface area contributed by atoms with E-state index in [4.69, 9.17) is 0 Å². The molecule has 174 valence electrons. The van der Waals surface area contributed by atoms with Gasteiger partial charge in [-0.05, 0) is 90.7 Å². The number of rotatable bonds is 5. The third-order valence-electron chi connectivity index (χ3n) is 8.81. The van der Waals surface area contributed by atoms with Crippen LogP contribution in [0.1, 0.15) is 74.1 Å². The lowest BCUT2D eigenvalue weighted by atomic mass is 9.55. The van der Waals surface area contributed by atoms with E-state index in [1.807, 2.05) is 18.2 Å². The number of amides is 1. The monoisotopic (exact) mass is 446 g/mol. The van der Waals surface area contributed by atoms with Gasteiger partial charge in [0.25, 0.3) is 0 Å². The summed E-state index contributed by atoms with van der Waals surface area (Å²) in [5.41, 5.74) is 4.36. The van der Waals surface area contributed by atoms with Crippen LogP contribution in [0, 0.1) is 23.2 Å². The fourth-order valence-electron chi connectivity index (χ4n) is 7.05. The Labute approximate surface area is 196 Å². The summed E-state index contributed by atoms with van der Waals surface area (Å²) in [7, 11) is 0. The number of aromatic hydroxyl groups is 1. The highest BCUT2D eigenvalue weighted by molar-refractivity contribution is 5.93. The molecule has 2 aromatic rings. The van der Waals surface area contributed by atoms with Crippen molar-refractivity contribution in [2.24, 2.45) is 23.2 Å². The molecule has 0 spiro atoms. The highest BCUT2D eigenvalue weighted by Gasteiger charge is 2.58. The number of carbonyl (C=O) groups excluding carboxylic acids is 2. The summed E-state index contributed by atoms with van der Waals surface area (Å²) in [5.74, 6) is 1.78. The van der Waals surface area contributed by atoms with Gasteiger partial charge in [-0.3, -0.25) is 14.6 Å². The zero-order valence-electron chi connectivity index (χ0n) is 19.6. The van der Waals surface area contributed by atoms with E-state index in [0.29, 0.717) is 35.8 Å². The number of phenolic OH excluding ortho intramolecular Hbond substituents is 1. The Morgan fingerprint density at radius 1 is 1.30 bits per heavy atom. The minimum atomic E-state index is -0.308. The maximum atomic E-state index is 13.5. The van der Waals surface area contributed by atoms with E-state index in [9.17, 15) is 14.7 Å². The van der Waals surface area contributed by atoms with Gasteiger partial charge in [0.1, 0.15) is 11.5 Å². The van der Waals surface area contributed by atoms with Crippen LogP contribution >= 0.6 is 0 Å². The van der Waals surface area contributed by atoms with Gasteiger partial charge in [0.2, 0.25) is 5.91 Å². The van der Waals surface area contributed by atoms with Crippen LogP contribution in [0.25, 0.3) is 0 Å². The van der Waals surface area contributed by atoms with E-state index < -0.39 is 0 Å². The Hall–Kier alpha value is -2.69. The molecule has 2 saturated carbocycles. The summed E-state index contributed by atoms with van der Waals surface area (Å²) in [4.78, 5) is 30.3. The van der Waals surface area contributed by atoms with Crippen molar-refractivity contribution in [2.75, 3.05) is 0 Å². The number of nitrogens with zero attached hydrogens (tertiary/aromatic N) is 1. The first-order valence-corrected chi connectivity index (χ1v) is 12.4. The molecule has 3 aliphatic rings. The smallest absolute Gasteiger partial charge is 0.220 e. The summed E-state index contributed by atoms with van der Waals surface area (Å²) in [6, 6.07) is 8.00. The number of fused-ring (bicyclic) bond motifs is 5. The molecule has 33 heavy (non-hydrogen) atoms. The first kappa shape index (κ1) is 22.1. The van der Waals surface area contributed by atoms with Crippen LogP contribution in [0.4, 0.5) is 0 Å². The Bertz CT molecular complexity index is 1070. The van der Waals surface area contributed by atoms with Crippen molar-refractivity contribution in [2.45, 2.75) is 71.3 Å². The SMILES string of the molecule is CCc1cc2c(cc1O)CC[C@@H]1[C@@H]2CC[C@]2(C)C(=O)[C@@H](CC(=O)NCc3cccnc3)C[C@@H]12. The van der Waals surface area contributed by atoms with Crippen molar-refractivity contribution < 1.29 is 14.7 Å². The van der Waals surface area contributed by atoms with Gasteiger partial charge in [-0.25, -0.2) is 0 Å². The molecule has 0 radical (unpaired) electrons. The van der Waals surface area contributed by atoms with Crippen LogP contribution in [-0.2, 0) is 29.0 Å². The lowest BCUT2D eigenvalue weighted by Crippen LogP contribution is -2.42. The average Bonchev–Trinajstić information content (AvgIpc) is 3.08. The van der Waals surface area contributed by atoms with Crippen molar-refractivity contribution in [3.8, 4) is 5.75 Å². The number of Topliss-reactive ketones (excluding diaryl/α,β-unsaturated/α-hetero) is 1. The zero-order chi connectivity index (χ0) is 23.2. The molecule has 2 fully saturated rings. The Morgan fingerprint density at radius 3 is 2.91 bits per heavy atom. The van der Waals surface area contributed by atoms with Gasteiger partial charge in [-0.15, -0.1) is 0 Å². The van der Waals surface area contributed by atoms with Crippen LogP contribution < -0.4 is 5.32 Å². The second-order valence-corrected chi connectivity index (χ2v) is 10.5. The summed E-state index contributed by atoms with van der Waals surface area (Å²) < 4.78 is 0. The van der Waals surface area contributed by atoms with E-state index in [1.54, 1.807) is 12.4 Å². The van der Waals surface area contributed by atoms with Crippen LogP contribution in [-0.4, -0.2) is 21.8 Å². The summed E-state index contributed by atoms with van der Waals surface area (Å²) >= 11 is 0. The first-order chi connectivity index (χ1) is 15.9. The molecule has 5 nitrogen and oxygen atoms in total. The van der Waals surface area contributed by atoms with E-state index in [1.165, 1.54) is 11.1 Å². The van der Waals surface area contributed by atoms with Crippen molar-refractivity contribution in [3.05, 3.63) is 58.9 Å². The van der Waals surface area contributed by atoms with Crippen LogP contribution in [0.5, 0.6) is 5.75 Å². The largest absolute Gasteiger partial charge is 0.508 e. The van der Waals surface area contributed by atoms with Gasteiger partial charge in [0, 0.05) is 36.7 Å². The number of carbonyl (C=O) groups is 2. The molecule has 5 rings (SSSR count). The first-order valence-electron chi connectivity index (χ1n) is 12.4. The summed E-state index contributed by atoms with van der Waals surface area (Å²) in [5, 5.41) is 13.3. The van der Waals surface area contributed by atoms with E-state index >= 15 is 0 Å². The number of hydrogen-bond acceptors (Lipinski definition) is 4. The molecule has 3 aliphatic carbocycles. The lowest BCUT2D eigenvalue weighted by molar-refractivity contribution is -0.134. The Morgan fingerprint density at radius 2 is 2.15 bits per heavy atom. The van der Waals surface area contributed by atoms with Gasteiger partial charge >= 0.3 is 0 Å². The van der Waals surface area contributed by atoms with E-state index in [0.717, 1.165) is 49.7 Å². The maximum Gasteiger partial charge on any atom is 0.220 e. The maximum absolute atomic E-state index is 13.5. The number of phenols is 1. The molecular weight excluding hydrogens is 412 g/mol. The van der Waals surface area contributed by atoms with Gasteiger partial charge in [0.05, 0.1) is 0 Å². The third kappa shape index (κ3) is 3.85. The molecule has 1 aromatic carbocycles. The minimum Gasteiger partial charge on any atom is -0.508 e. The van der Waals surface area contributed by atoms with Gasteiger partial charge < -0.3 is 10.4 Å². The standard InChI is InChI=1S/C28H34N2O3/c1-3-18-11-23-19(13-25(18)31)6-7-22-21(23)8-9-28(2)24(22)12-20(27(28)33)14-26(32)30-16-17-5-4-10-29-15-17/h4-5,10-11,13,15,20-22,24,31H,3,6-9,12,14,16H2,1-2H3,(H,30,32)/t20-,21+,22-,24+,28+/m1/s1. The average molecular weight is 447 g/mol. The van der Waals surface area contributed by atoms with Crippen molar-refractivity contribution in [1.29, 1.82) is 0 Å². The highest BCUT2D eigenvalue weighted by Crippen LogP contribution is 2.61. The molecule has 0 unspecified atom stereocenters. The Balaban J connectivity index is 1.31. The number of benzene rings is 1. The third-order valence-corrected chi connectivity index (χ3v) is 8.81. The highest BCUT2D eigenvalue weighted by atomic mass is 16.3. The number of ketones is 1. The molecule has 5 heteroatoms. The predicted octanol–water partition coefficient (Wildman–Crippen LogP) is 4.71. The molecule has 0 bridgehead atoms. The number of nitrogens with one attached hydrogen (secondary N) is 1. The van der Waals surface area contributed by atoms with E-state index in [2.05, 4.69) is 30.2 Å². The van der Waals surface area contributed by atoms with Crippen molar-refractivity contribution >= 4 is 11.7 Å². The van der Waals surface area contributed by atoms with Gasteiger partial charge in [-0.2, -0.15) is 0 Å². The molecule has 1 aromatic heterocycles. The topological polar surface area (TPSA) is 79.3 Å². The van der Waals surface area contributed by atoms with Gasteiger partial charge in [0.15, 0.2) is 0 Å². The summed E-state index contributed by atoms with van der Waals surface area (Å²) in [6.45, 7) is 4.69. The van der Waals surface area contributed by atoms with Crippen molar-refractivity contribution in [3.63, 3.8) is 0 Å². The number of aromatic nitrogens is 1. The van der Waals surface area contributed by atoms with Gasteiger partial charge in [-0.1, -0.05) is 26.0 Å². The van der Waals surface area contributed by atoms with Crippen LogP contribution in [0.15, 0.2) is 36.7 Å². The molecule has 0 aliphatic heterocycles.